The normalized spacial score (nSPS) is 13.7. The predicted octanol–water partition coefficient (Wildman–Crippen LogP) is 1.37. The van der Waals surface area contributed by atoms with Gasteiger partial charge in [0.15, 0.2) is 0 Å². The van der Waals surface area contributed by atoms with Gasteiger partial charge in [0.2, 0.25) is 0 Å². The number of hydrogen-bond acceptors (Lipinski definition) is 3. The van der Waals surface area contributed by atoms with E-state index in [2.05, 4.69) is 10.6 Å². The molecule has 0 spiro atoms. The van der Waals surface area contributed by atoms with Crippen molar-refractivity contribution in [3.8, 4) is 0 Å². The largest absolute Gasteiger partial charge is 0.480 e. The quantitative estimate of drug-likeness (QED) is 0.715. The van der Waals surface area contributed by atoms with Crippen LogP contribution in [0.1, 0.15) is 26.0 Å². The lowest BCUT2D eigenvalue weighted by molar-refractivity contribution is -0.138. The Hall–Kier alpha value is -1.98. The fourth-order valence-corrected chi connectivity index (χ4v) is 1.41. The van der Waals surface area contributed by atoms with Crippen molar-refractivity contribution in [3.05, 3.63) is 24.2 Å². The molecule has 2 amide bonds. The number of amides is 2. The van der Waals surface area contributed by atoms with Gasteiger partial charge in [0.1, 0.15) is 11.8 Å². The monoisotopic (exact) mass is 254 g/mol. The number of carbonyl (C=O) groups is 2. The number of carbonyl (C=O) groups excluding carboxylic acids is 1. The second-order valence-electron chi connectivity index (χ2n) is 4.20. The average Bonchev–Trinajstić information content (AvgIpc) is 2.78. The summed E-state index contributed by atoms with van der Waals surface area (Å²) in [5.74, 6) is -0.198. The molecule has 0 saturated carbocycles. The van der Waals surface area contributed by atoms with Crippen molar-refractivity contribution in [1.29, 1.82) is 0 Å². The first-order valence-electron chi connectivity index (χ1n) is 5.81. The van der Waals surface area contributed by atoms with E-state index in [1.165, 1.54) is 6.92 Å². The summed E-state index contributed by atoms with van der Waals surface area (Å²) in [6.45, 7) is 3.27. The molecule has 6 nitrogen and oxygen atoms in total. The first-order chi connectivity index (χ1) is 8.49. The highest BCUT2D eigenvalue weighted by molar-refractivity contribution is 5.82. The lowest BCUT2D eigenvalue weighted by atomic mass is 10.1. The Bertz CT molecular complexity index is 389. The Labute approximate surface area is 105 Å². The molecule has 100 valence electrons. The number of aryl methyl sites for hydroxylation is 1. The van der Waals surface area contributed by atoms with E-state index in [0.29, 0.717) is 0 Å². The van der Waals surface area contributed by atoms with Gasteiger partial charge in [0.25, 0.3) is 0 Å². The number of furan rings is 1. The van der Waals surface area contributed by atoms with Crippen LogP contribution in [-0.4, -0.2) is 29.2 Å². The third kappa shape index (κ3) is 4.90. The lowest BCUT2D eigenvalue weighted by Gasteiger charge is -2.15. The molecule has 1 rings (SSSR count). The van der Waals surface area contributed by atoms with Crippen LogP contribution >= 0.6 is 0 Å². The van der Waals surface area contributed by atoms with Crippen LogP contribution in [0.25, 0.3) is 0 Å². The van der Waals surface area contributed by atoms with Crippen molar-refractivity contribution in [2.24, 2.45) is 0 Å². The molecule has 0 saturated heterocycles. The van der Waals surface area contributed by atoms with E-state index >= 15 is 0 Å². The summed E-state index contributed by atoms with van der Waals surface area (Å²) in [7, 11) is 0. The second-order valence-corrected chi connectivity index (χ2v) is 4.20. The topological polar surface area (TPSA) is 91.6 Å². The summed E-state index contributed by atoms with van der Waals surface area (Å²) in [5.41, 5.74) is 0. The predicted molar refractivity (Wildman–Crippen MR) is 65.3 cm³/mol. The fourth-order valence-electron chi connectivity index (χ4n) is 1.41. The van der Waals surface area contributed by atoms with Gasteiger partial charge in [-0.15, -0.1) is 0 Å². The number of aliphatic carboxylic acids is 1. The molecule has 1 heterocycles. The van der Waals surface area contributed by atoms with E-state index in [9.17, 15) is 9.59 Å². The van der Waals surface area contributed by atoms with E-state index < -0.39 is 18.0 Å². The van der Waals surface area contributed by atoms with Crippen LogP contribution in [0.4, 0.5) is 4.79 Å². The van der Waals surface area contributed by atoms with Gasteiger partial charge in [-0.3, -0.25) is 4.79 Å². The van der Waals surface area contributed by atoms with Crippen LogP contribution in [0, 0.1) is 0 Å². The minimum Gasteiger partial charge on any atom is -0.480 e. The Kier molecular flexibility index (Phi) is 5.23. The van der Waals surface area contributed by atoms with E-state index in [0.717, 1.165) is 18.6 Å². The molecule has 1 aromatic heterocycles. The van der Waals surface area contributed by atoms with Gasteiger partial charge in [-0.05, 0) is 32.4 Å². The van der Waals surface area contributed by atoms with E-state index in [4.69, 9.17) is 9.52 Å². The number of carboxylic acids is 1. The van der Waals surface area contributed by atoms with Crippen molar-refractivity contribution in [2.45, 2.75) is 38.8 Å². The van der Waals surface area contributed by atoms with Crippen LogP contribution in [-0.2, 0) is 11.2 Å². The standard InChI is InChI=1S/C12H18N2O4/c1-8(5-6-10-4-3-7-18-10)13-12(17)14-9(2)11(15)16/h3-4,7-9H,5-6H2,1-2H3,(H,15,16)(H2,13,14,17). The highest BCUT2D eigenvalue weighted by Gasteiger charge is 2.15. The molecular weight excluding hydrogens is 236 g/mol. The van der Waals surface area contributed by atoms with Gasteiger partial charge in [-0.25, -0.2) is 4.79 Å². The molecule has 0 radical (unpaired) electrons. The van der Waals surface area contributed by atoms with Crippen LogP contribution in [0.3, 0.4) is 0 Å². The molecule has 2 atom stereocenters. The Morgan fingerprint density at radius 2 is 2.11 bits per heavy atom. The summed E-state index contributed by atoms with van der Waals surface area (Å²) in [4.78, 5) is 22.0. The van der Waals surface area contributed by atoms with Crippen molar-refractivity contribution in [2.75, 3.05) is 0 Å². The SMILES string of the molecule is CC(CCc1ccco1)NC(=O)NC(C)C(=O)O. The van der Waals surface area contributed by atoms with Gasteiger partial charge in [0, 0.05) is 12.5 Å². The Morgan fingerprint density at radius 3 is 2.67 bits per heavy atom. The highest BCUT2D eigenvalue weighted by Crippen LogP contribution is 2.05. The molecule has 0 aliphatic heterocycles. The van der Waals surface area contributed by atoms with E-state index in [1.54, 1.807) is 6.26 Å². The zero-order valence-electron chi connectivity index (χ0n) is 10.5. The maximum Gasteiger partial charge on any atom is 0.325 e. The van der Waals surface area contributed by atoms with Crippen LogP contribution in [0.2, 0.25) is 0 Å². The zero-order valence-corrected chi connectivity index (χ0v) is 10.5. The van der Waals surface area contributed by atoms with Gasteiger partial charge < -0.3 is 20.2 Å². The maximum absolute atomic E-state index is 11.4. The number of hydrogen-bond donors (Lipinski definition) is 3. The first kappa shape index (κ1) is 14.1. The lowest BCUT2D eigenvalue weighted by Crippen LogP contribution is -2.47. The first-order valence-corrected chi connectivity index (χ1v) is 5.81. The van der Waals surface area contributed by atoms with Gasteiger partial charge in [-0.1, -0.05) is 0 Å². The molecule has 1 aromatic rings. The van der Waals surface area contributed by atoms with Crippen molar-refractivity contribution >= 4 is 12.0 Å². The minimum absolute atomic E-state index is 0.0592. The Morgan fingerprint density at radius 1 is 1.39 bits per heavy atom. The van der Waals surface area contributed by atoms with Gasteiger partial charge >= 0.3 is 12.0 Å². The number of nitrogens with one attached hydrogen (secondary N) is 2. The Balaban J connectivity index is 2.25. The van der Waals surface area contributed by atoms with Crippen LogP contribution in [0.5, 0.6) is 0 Å². The van der Waals surface area contributed by atoms with Crippen LogP contribution < -0.4 is 10.6 Å². The summed E-state index contributed by atoms with van der Waals surface area (Å²) >= 11 is 0. The van der Waals surface area contributed by atoms with E-state index in [-0.39, 0.29) is 6.04 Å². The maximum atomic E-state index is 11.4. The van der Waals surface area contributed by atoms with Crippen LogP contribution in [0.15, 0.2) is 22.8 Å². The molecule has 18 heavy (non-hydrogen) atoms. The summed E-state index contributed by atoms with van der Waals surface area (Å²) in [5, 5.41) is 13.6. The summed E-state index contributed by atoms with van der Waals surface area (Å²) < 4.78 is 5.18. The van der Waals surface area contributed by atoms with Crippen molar-refractivity contribution in [3.63, 3.8) is 0 Å². The van der Waals surface area contributed by atoms with Gasteiger partial charge in [-0.2, -0.15) is 0 Å². The average molecular weight is 254 g/mol. The summed E-state index contributed by atoms with van der Waals surface area (Å²) in [6, 6.07) is 2.25. The molecule has 3 N–H and O–H groups in total. The molecule has 0 aliphatic rings. The number of rotatable bonds is 6. The smallest absolute Gasteiger partial charge is 0.325 e. The van der Waals surface area contributed by atoms with Crippen molar-refractivity contribution < 1.29 is 19.1 Å². The molecule has 0 bridgehead atoms. The van der Waals surface area contributed by atoms with Gasteiger partial charge in [0.05, 0.1) is 6.26 Å². The molecule has 0 aliphatic carbocycles. The summed E-state index contributed by atoms with van der Waals surface area (Å²) in [6.07, 6.45) is 3.06. The van der Waals surface area contributed by atoms with Crippen molar-refractivity contribution in [1.82, 2.24) is 10.6 Å². The molecule has 0 fully saturated rings. The molecule has 0 aromatic carbocycles. The molecule has 6 heteroatoms. The number of urea groups is 1. The molecular formula is C12H18N2O4. The third-order valence-electron chi connectivity index (χ3n) is 2.50. The molecule has 2 unspecified atom stereocenters. The fraction of sp³-hybridized carbons (Fsp3) is 0.500. The van der Waals surface area contributed by atoms with E-state index in [1.807, 2.05) is 19.1 Å². The number of carboxylic acid groups (broad SMARTS) is 1. The second kappa shape index (κ2) is 6.68. The zero-order chi connectivity index (χ0) is 13.5. The third-order valence-corrected chi connectivity index (χ3v) is 2.50. The minimum atomic E-state index is -1.06. The highest BCUT2D eigenvalue weighted by atomic mass is 16.4.